The molecule has 1 saturated heterocycles. The van der Waals surface area contributed by atoms with Crippen LogP contribution in [-0.2, 0) is 16.0 Å². The number of amides is 2. The lowest BCUT2D eigenvalue weighted by Crippen LogP contribution is -2.53. The molecule has 132 valence electrons. The molecular formula is C21H20N2O2S. The number of hydrogen-bond acceptors (Lipinski definition) is 3. The van der Waals surface area contributed by atoms with Crippen LogP contribution in [0.15, 0.2) is 53.4 Å². The van der Waals surface area contributed by atoms with Crippen molar-refractivity contribution in [1.29, 1.82) is 0 Å². The number of thioether (sulfide) groups is 1. The third-order valence-corrected chi connectivity index (χ3v) is 7.18. The van der Waals surface area contributed by atoms with E-state index < -0.39 is 4.87 Å². The van der Waals surface area contributed by atoms with Crippen LogP contribution in [0.1, 0.15) is 42.9 Å². The number of aryl methyl sites for hydroxylation is 1. The highest BCUT2D eigenvalue weighted by Gasteiger charge is 2.57. The van der Waals surface area contributed by atoms with E-state index in [1.165, 1.54) is 22.9 Å². The van der Waals surface area contributed by atoms with Gasteiger partial charge in [-0.1, -0.05) is 48.2 Å². The minimum absolute atomic E-state index is 0.0312. The summed E-state index contributed by atoms with van der Waals surface area (Å²) in [6.07, 6.45) is 4.08. The summed E-state index contributed by atoms with van der Waals surface area (Å²) in [6.45, 7) is 0. The molecule has 2 aliphatic heterocycles. The summed E-state index contributed by atoms with van der Waals surface area (Å²) in [4.78, 5) is 27.9. The molecule has 2 aromatic carbocycles. The van der Waals surface area contributed by atoms with Crippen LogP contribution in [0.25, 0.3) is 0 Å². The van der Waals surface area contributed by atoms with Gasteiger partial charge in [-0.15, -0.1) is 0 Å². The lowest BCUT2D eigenvalue weighted by molar-refractivity contribution is -0.125. The molecule has 26 heavy (non-hydrogen) atoms. The van der Waals surface area contributed by atoms with Crippen LogP contribution < -0.4 is 10.2 Å². The maximum absolute atomic E-state index is 13.4. The molecule has 0 saturated carbocycles. The summed E-state index contributed by atoms with van der Waals surface area (Å²) >= 11 is 1.53. The number of anilines is 1. The Morgan fingerprint density at radius 3 is 2.85 bits per heavy atom. The number of nitrogens with zero attached hydrogens (tertiary/aromatic N) is 1. The lowest BCUT2D eigenvalue weighted by Gasteiger charge is -2.33. The van der Waals surface area contributed by atoms with E-state index in [1.807, 2.05) is 30.3 Å². The quantitative estimate of drug-likeness (QED) is 0.882. The number of fused-ring (bicyclic) bond motifs is 4. The van der Waals surface area contributed by atoms with Gasteiger partial charge in [0.1, 0.15) is 0 Å². The highest BCUT2D eigenvalue weighted by molar-refractivity contribution is 8.02. The molecule has 0 aromatic heterocycles. The van der Waals surface area contributed by atoms with E-state index in [9.17, 15) is 9.59 Å². The zero-order valence-corrected chi connectivity index (χ0v) is 15.2. The highest BCUT2D eigenvalue weighted by Crippen LogP contribution is 2.56. The summed E-state index contributed by atoms with van der Waals surface area (Å²) in [5.41, 5.74) is 3.42. The molecular weight excluding hydrogens is 344 g/mol. The Morgan fingerprint density at radius 2 is 1.92 bits per heavy atom. The van der Waals surface area contributed by atoms with Crippen LogP contribution >= 0.6 is 11.8 Å². The SMILES string of the molecule is O=C1CC[C@]2(C(=O)N[C@H]3CCCc4ccccc43)Sc3ccccc3N12. The Balaban J connectivity index is 1.47. The predicted octanol–water partition coefficient (Wildman–Crippen LogP) is 3.81. The minimum atomic E-state index is -0.826. The number of nitrogens with one attached hydrogen (secondary N) is 1. The molecule has 0 spiro atoms. The van der Waals surface area contributed by atoms with Gasteiger partial charge in [-0.25, -0.2) is 0 Å². The fourth-order valence-corrected chi connectivity index (χ4v) is 5.89. The maximum Gasteiger partial charge on any atom is 0.257 e. The number of carbonyl (C=O) groups excluding carboxylic acids is 2. The topological polar surface area (TPSA) is 49.4 Å². The first-order valence-corrected chi connectivity index (χ1v) is 10.0. The Labute approximate surface area is 157 Å². The predicted molar refractivity (Wildman–Crippen MR) is 102 cm³/mol. The van der Waals surface area contributed by atoms with Crippen molar-refractivity contribution in [3.05, 3.63) is 59.7 Å². The molecule has 2 aromatic rings. The van der Waals surface area contributed by atoms with Crippen LogP contribution in [0.5, 0.6) is 0 Å². The highest BCUT2D eigenvalue weighted by atomic mass is 32.2. The minimum Gasteiger partial charge on any atom is -0.346 e. The summed E-state index contributed by atoms with van der Waals surface area (Å²) in [5, 5.41) is 3.28. The molecule has 0 radical (unpaired) electrons. The molecule has 1 aliphatic carbocycles. The van der Waals surface area contributed by atoms with Crippen LogP contribution in [-0.4, -0.2) is 16.7 Å². The van der Waals surface area contributed by atoms with Gasteiger partial charge in [0, 0.05) is 11.3 Å². The Morgan fingerprint density at radius 1 is 1.12 bits per heavy atom. The number of benzene rings is 2. The van der Waals surface area contributed by atoms with E-state index in [0.717, 1.165) is 29.8 Å². The van der Waals surface area contributed by atoms with Crippen LogP contribution in [0, 0.1) is 0 Å². The van der Waals surface area contributed by atoms with Gasteiger partial charge in [-0.3, -0.25) is 14.5 Å². The van der Waals surface area contributed by atoms with E-state index in [4.69, 9.17) is 0 Å². The molecule has 5 rings (SSSR count). The third-order valence-electron chi connectivity index (χ3n) is 5.70. The summed E-state index contributed by atoms with van der Waals surface area (Å²) in [7, 11) is 0. The summed E-state index contributed by atoms with van der Waals surface area (Å²) in [6, 6.07) is 16.2. The van der Waals surface area contributed by atoms with Crippen LogP contribution in [0.2, 0.25) is 0 Å². The third kappa shape index (κ3) is 2.23. The second kappa shape index (κ2) is 5.88. The second-order valence-corrected chi connectivity index (χ2v) is 8.52. The van der Waals surface area contributed by atoms with Crippen molar-refractivity contribution in [2.45, 2.75) is 47.9 Å². The van der Waals surface area contributed by atoms with E-state index in [0.29, 0.717) is 12.8 Å². The van der Waals surface area contributed by atoms with Gasteiger partial charge in [0.25, 0.3) is 5.91 Å². The standard InChI is InChI=1S/C21H20N2O2S/c24-19-12-13-21(23(19)17-10-3-4-11-18(17)26-21)20(25)22-16-9-5-7-14-6-1-2-8-15(14)16/h1-4,6,8,10-11,16H,5,7,9,12-13H2,(H,22,25)/t16-,21+/m0/s1. The normalized spacial score (nSPS) is 26.2. The van der Waals surface area contributed by atoms with Crippen molar-refractivity contribution >= 4 is 29.3 Å². The van der Waals surface area contributed by atoms with Crippen molar-refractivity contribution in [2.24, 2.45) is 0 Å². The van der Waals surface area contributed by atoms with Crippen LogP contribution in [0.4, 0.5) is 5.69 Å². The van der Waals surface area contributed by atoms with Crippen molar-refractivity contribution < 1.29 is 9.59 Å². The molecule has 5 heteroatoms. The molecule has 2 amide bonds. The fraction of sp³-hybridized carbons (Fsp3) is 0.333. The Bertz CT molecular complexity index is 912. The van der Waals surface area contributed by atoms with Crippen molar-refractivity contribution in [3.63, 3.8) is 0 Å². The van der Waals surface area contributed by atoms with Gasteiger partial charge in [-0.2, -0.15) is 0 Å². The Hall–Kier alpha value is -2.27. The van der Waals surface area contributed by atoms with Gasteiger partial charge in [0.15, 0.2) is 4.87 Å². The largest absolute Gasteiger partial charge is 0.346 e. The van der Waals surface area contributed by atoms with Gasteiger partial charge in [0.2, 0.25) is 5.91 Å². The van der Waals surface area contributed by atoms with Crippen LogP contribution in [0.3, 0.4) is 0 Å². The molecule has 2 atom stereocenters. The molecule has 0 bridgehead atoms. The molecule has 2 heterocycles. The maximum atomic E-state index is 13.4. The molecule has 3 aliphatic rings. The smallest absolute Gasteiger partial charge is 0.257 e. The summed E-state index contributed by atoms with van der Waals surface area (Å²) < 4.78 is 0. The summed E-state index contributed by atoms with van der Waals surface area (Å²) in [5.74, 6) is 0.00731. The zero-order chi connectivity index (χ0) is 17.7. The lowest BCUT2D eigenvalue weighted by atomic mass is 9.87. The molecule has 1 N–H and O–H groups in total. The van der Waals surface area contributed by atoms with Gasteiger partial charge >= 0.3 is 0 Å². The first kappa shape index (κ1) is 15.9. The molecule has 4 nitrogen and oxygen atoms in total. The number of rotatable bonds is 2. The van der Waals surface area contributed by atoms with Crippen molar-refractivity contribution in [3.8, 4) is 0 Å². The van der Waals surface area contributed by atoms with Gasteiger partial charge in [0.05, 0.1) is 11.7 Å². The average molecular weight is 364 g/mol. The van der Waals surface area contributed by atoms with Crippen molar-refractivity contribution in [2.75, 3.05) is 4.90 Å². The second-order valence-electron chi connectivity index (χ2n) is 7.20. The average Bonchev–Trinajstić information content (AvgIpc) is 3.18. The van der Waals surface area contributed by atoms with E-state index in [2.05, 4.69) is 23.5 Å². The first-order chi connectivity index (χ1) is 12.7. The van der Waals surface area contributed by atoms with E-state index in [1.54, 1.807) is 4.90 Å². The molecule has 1 fully saturated rings. The number of para-hydroxylation sites is 1. The van der Waals surface area contributed by atoms with Crippen molar-refractivity contribution in [1.82, 2.24) is 5.32 Å². The Kier molecular flexibility index (Phi) is 3.60. The fourth-order valence-electron chi connectivity index (χ4n) is 4.47. The van der Waals surface area contributed by atoms with E-state index in [-0.39, 0.29) is 17.9 Å². The monoisotopic (exact) mass is 364 g/mol. The number of hydrogen-bond donors (Lipinski definition) is 1. The first-order valence-electron chi connectivity index (χ1n) is 9.19. The molecule has 0 unspecified atom stereocenters. The zero-order valence-electron chi connectivity index (χ0n) is 14.4. The van der Waals surface area contributed by atoms with Gasteiger partial charge < -0.3 is 5.32 Å². The number of carbonyl (C=O) groups is 2. The van der Waals surface area contributed by atoms with Gasteiger partial charge in [-0.05, 0) is 48.9 Å². The van der Waals surface area contributed by atoms with E-state index >= 15 is 0 Å².